The maximum atomic E-state index is 13.5. The lowest BCUT2D eigenvalue weighted by atomic mass is 9.88. The van der Waals surface area contributed by atoms with Crippen molar-refractivity contribution in [3.8, 4) is 5.75 Å². The van der Waals surface area contributed by atoms with Crippen molar-refractivity contribution in [1.29, 1.82) is 0 Å². The number of benzene rings is 1. The highest BCUT2D eigenvalue weighted by Gasteiger charge is 2.21. The molecule has 1 aromatic rings. The molecule has 1 amide bonds. The fraction of sp³-hybridized carbons (Fsp3) is 0.500. The molecule has 3 N–H and O–H groups in total. The Morgan fingerprint density at radius 1 is 1.42 bits per heavy atom. The first kappa shape index (κ1) is 15.4. The van der Waals surface area contributed by atoms with E-state index in [-0.39, 0.29) is 23.3 Å². The number of halogens is 1. The number of amides is 1. The van der Waals surface area contributed by atoms with Crippen molar-refractivity contribution < 1.29 is 19.4 Å². The summed E-state index contributed by atoms with van der Waals surface area (Å²) in [7, 11) is 0. The van der Waals surface area contributed by atoms with E-state index in [2.05, 4.69) is 5.32 Å². The van der Waals surface area contributed by atoms with E-state index in [1.165, 1.54) is 12.1 Å². The summed E-state index contributed by atoms with van der Waals surface area (Å²) in [5.41, 5.74) is -0.528. The molecule has 0 unspecified atom stereocenters. The first-order valence-corrected chi connectivity index (χ1v) is 6.24. The van der Waals surface area contributed by atoms with Crippen LogP contribution < -0.4 is 5.32 Å². The maximum Gasteiger partial charge on any atom is 0.258 e. The maximum absolute atomic E-state index is 13.5. The summed E-state index contributed by atoms with van der Waals surface area (Å²) in [4.78, 5) is 11.8. The molecule has 0 bridgehead atoms. The Morgan fingerprint density at radius 2 is 2.11 bits per heavy atom. The van der Waals surface area contributed by atoms with Crippen molar-refractivity contribution >= 4 is 5.91 Å². The van der Waals surface area contributed by atoms with Gasteiger partial charge in [0.15, 0.2) is 0 Å². The van der Waals surface area contributed by atoms with Crippen LogP contribution in [0.3, 0.4) is 0 Å². The van der Waals surface area contributed by atoms with Gasteiger partial charge in [-0.3, -0.25) is 4.79 Å². The quantitative estimate of drug-likeness (QED) is 0.740. The van der Waals surface area contributed by atoms with Gasteiger partial charge in [0.2, 0.25) is 0 Å². The molecule has 4 nitrogen and oxygen atoms in total. The standard InChI is InChI=1S/C14H20FNO3/c1-14(2,7-4-8-17)9-16-13(19)12-10(15)5-3-6-11(12)18/h3,5-6,17-18H,4,7-9H2,1-2H3,(H,16,19). The van der Waals surface area contributed by atoms with E-state index < -0.39 is 11.7 Å². The Hall–Kier alpha value is -1.62. The van der Waals surface area contributed by atoms with Crippen LogP contribution in [0.1, 0.15) is 37.0 Å². The number of phenols is 1. The van der Waals surface area contributed by atoms with E-state index in [4.69, 9.17) is 5.11 Å². The van der Waals surface area contributed by atoms with Crippen molar-refractivity contribution in [3.05, 3.63) is 29.6 Å². The van der Waals surface area contributed by atoms with Crippen LogP contribution in [0, 0.1) is 11.2 Å². The summed E-state index contributed by atoms with van der Waals surface area (Å²) >= 11 is 0. The summed E-state index contributed by atoms with van der Waals surface area (Å²) in [5, 5.41) is 20.9. The Labute approximate surface area is 112 Å². The lowest BCUT2D eigenvalue weighted by Crippen LogP contribution is -2.34. The third-order valence-electron chi connectivity index (χ3n) is 2.96. The molecule has 0 saturated carbocycles. The Balaban J connectivity index is 2.66. The predicted octanol–water partition coefficient (Wildman–Crippen LogP) is 2.06. The van der Waals surface area contributed by atoms with E-state index in [1.54, 1.807) is 0 Å². The van der Waals surface area contributed by atoms with Gasteiger partial charge in [0.05, 0.1) is 0 Å². The minimum absolute atomic E-state index is 0.103. The van der Waals surface area contributed by atoms with Gasteiger partial charge in [0, 0.05) is 13.2 Å². The van der Waals surface area contributed by atoms with Gasteiger partial charge < -0.3 is 15.5 Å². The lowest BCUT2D eigenvalue weighted by Gasteiger charge is -2.24. The van der Waals surface area contributed by atoms with Crippen LogP contribution in [0.15, 0.2) is 18.2 Å². The summed E-state index contributed by atoms with van der Waals surface area (Å²) in [6, 6.07) is 3.74. The Kier molecular flexibility index (Phi) is 5.30. The zero-order valence-corrected chi connectivity index (χ0v) is 11.2. The number of rotatable bonds is 6. The highest BCUT2D eigenvalue weighted by Crippen LogP contribution is 2.23. The monoisotopic (exact) mass is 269 g/mol. The van der Waals surface area contributed by atoms with E-state index in [0.29, 0.717) is 13.0 Å². The molecule has 0 spiro atoms. The molecule has 1 rings (SSSR count). The second kappa shape index (κ2) is 6.52. The minimum Gasteiger partial charge on any atom is -0.507 e. The Morgan fingerprint density at radius 3 is 2.68 bits per heavy atom. The first-order chi connectivity index (χ1) is 8.87. The molecule has 0 atom stereocenters. The predicted molar refractivity (Wildman–Crippen MR) is 70.5 cm³/mol. The van der Waals surface area contributed by atoms with Crippen LogP contribution in [0.4, 0.5) is 4.39 Å². The molecule has 0 aliphatic heterocycles. The first-order valence-electron chi connectivity index (χ1n) is 6.24. The average molecular weight is 269 g/mol. The largest absolute Gasteiger partial charge is 0.507 e. The van der Waals surface area contributed by atoms with Gasteiger partial charge >= 0.3 is 0 Å². The van der Waals surface area contributed by atoms with Crippen molar-refractivity contribution in [2.45, 2.75) is 26.7 Å². The lowest BCUT2D eigenvalue weighted by molar-refractivity contribution is 0.0926. The van der Waals surface area contributed by atoms with Crippen molar-refractivity contribution in [2.75, 3.05) is 13.2 Å². The number of carbonyl (C=O) groups is 1. The number of aromatic hydroxyl groups is 1. The number of aliphatic hydroxyl groups is 1. The second-order valence-corrected chi connectivity index (χ2v) is 5.31. The van der Waals surface area contributed by atoms with E-state index in [1.807, 2.05) is 13.8 Å². The molecule has 19 heavy (non-hydrogen) atoms. The molecule has 0 saturated heterocycles. The zero-order valence-electron chi connectivity index (χ0n) is 11.2. The molecule has 106 valence electrons. The highest BCUT2D eigenvalue weighted by atomic mass is 19.1. The Bertz CT molecular complexity index is 426. The van der Waals surface area contributed by atoms with E-state index in [9.17, 15) is 14.3 Å². The molecular formula is C14H20FNO3. The SMILES string of the molecule is CC(C)(CCCO)CNC(=O)c1c(O)cccc1F. The highest BCUT2D eigenvalue weighted by molar-refractivity contribution is 5.97. The fourth-order valence-corrected chi connectivity index (χ4v) is 1.79. The molecule has 0 aliphatic rings. The van der Waals surface area contributed by atoms with Crippen LogP contribution >= 0.6 is 0 Å². The van der Waals surface area contributed by atoms with Crippen LogP contribution in [0.5, 0.6) is 5.75 Å². The molecule has 0 aliphatic carbocycles. The summed E-state index contributed by atoms with van der Waals surface area (Å²) in [6.45, 7) is 4.35. The van der Waals surface area contributed by atoms with Crippen LogP contribution in [-0.4, -0.2) is 29.3 Å². The normalized spacial score (nSPS) is 11.4. The zero-order chi connectivity index (χ0) is 14.5. The molecule has 0 radical (unpaired) electrons. The summed E-state index contributed by atoms with van der Waals surface area (Å²) < 4.78 is 13.5. The van der Waals surface area contributed by atoms with Gasteiger partial charge in [-0.15, -0.1) is 0 Å². The van der Waals surface area contributed by atoms with Gasteiger partial charge in [-0.25, -0.2) is 4.39 Å². The minimum atomic E-state index is -0.745. The number of nitrogens with one attached hydrogen (secondary N) is 1. The van der Waals surface area contributed by atoms with Gasteiger partial charge in [0.1, 0.15) is 17.1 Å². The van der Waals surface area contributed by atoms with Crippen molar-refractivity contribution in [3.63, 3.8) is 0 Å². The number of carbonyl (C=O) groups excluding carboxylic acids is 1. The second-order valence-electron chi connectivity index (χ2n) is 5.31. The van der Waals surface area contributed by atoms with Gasteiger partial charge in [-0.05, 0) is 30.4 Å². The van der Waals surface area contributed by atoms with Crippen LogP contribution in [0.25, 0.3) is 0 Å². The molecular weight excluding hydrogens is 249 g/mol. The van der Waals surface area contributed by atoms with Crippen molar-refractivity contribution in [1.82, 2.24) is 5.32 Å². The summed E-state index contributed by atoms with van der Waals surface area (Å²) in [5.74, 6) is -1.75. The molecule has 0 aromatic heterocycles. The van der Waals surface area contributed by atoms with Crippen LogP contribution in [-0.2, 0) is 0 Å². The van der Waals surface area contributed by atoms with Gasteiger partial charge in [-0.2, -0.15) is 0 Å². The molecule has 5 heteroatoms. The number of hydrogen-bond donors (Lipinski definition) is 3. The van der Waals surface area contributed by atoms with Gasteiger partial charge in [0.25, 0.3) is 5.91 Å². The van der Waals surface area contributed by atoms with E-state index in [0.717, 1.165) is 12.5 Å². The topological polar surface area (TPSA) is 69.6 Å². The number of hydrogen-bond acceptors (Lipinski definition) is 3. The third-order valence-corrected chi connectivity index (χ3v) is 2.96. The molecule has 0 fully saturated rings. The smallest absolute Gasteiger partial charge is 0.258 e. The molecule has 1 aromatic carbocycles. The van der Waals surface area contributed by atoms with Crippen LogP contribution in [0.2, 0.25) is 0 Å². The summed E-state index contributed by atoms with van der Waals surface area (Å²) in [6.07, 6.45) is 1.39. The molecule has 0 heterocycles. The number of aliphatic hydroxyl groups excluding tert-OH is 1. The van der Waals surface area contributed by atoms with Crippen molar-refractivity contribution in [2.24, 2.45) is 5.41 Å². The average Bonchev–Trinajstić information content (AvgIpc) is 2.34. The number of phenolic OH excluding ortho intramolecular Hbond substituents is 1. The fourth-order valence-electron chi connectivity index (χ4n) is 1.79. The van der Waals surface area contributed by atoms with Gasteiger partial charge in [-0.1, -0.05) is 19.9 Å². The third kappa shape index (κ3) is 4.52. The van der Waals surface area contributed by atoms with E-state index >= 15 is 0 Å².